The standard InChI is InChI=1S/C8H12N2O3S2/c1-15(13)4-2-3-9-8-10-5-6(14-8)7(11)12/h5H,2-4H2,1H3,(H,9,10)(H,11,12). The Labute approximate surface area is 94.0 Å². The maximum Gasteiger partial charge on any atom is 0.347 e. The fraction of sp³-hybridized carbons (Fsp3) is 0.500. The van der Waals surface area contributed by atoms with Gasteiger partial charge < -0.3 is 10.4 Å². The molecule has 1 atom stereocenters. The summed E-state index contributed by atoms with van der Waals surface area (Å²) >= 11 is 1.10. The van der Waals surface area contributed by atoms with Crippen LogP contribution in [0, 0.1) is 0 Å². The van der Waals surface area contributed by atoms with Gasteiger partial charge in [-0.2, -0.15) is 0 Å². The summed E-state index contributed by atoms with van der Waals surface area (Å²) in [5.74, 6) is -0.320. The van der Waals surface area contributed by atoms with Crippen molar-refractivity contribution in [3.63, 3.8) is 0 Å². The van der Waals surface area contributed by atoms with E-state index in [1.54, 1.807) is 6.26 Å². The van der Waals surface area contributed by atoms with Crippen LogP contribution in [0.3, 0.4) is 0 Å². The second-order valence-electron chi connectivity index (χ2n) is 2.89. The van der Waals surface area contributed by atoms with E-state index in [-0.39, 0.29) is 4.88 Å². The molecule has 0 saturated carbocycles. The molecule has 1 rings (SSSR count). The number of nitrogens with one attached hydrogen (secondary N) is 1. The fourth-order valence-corrected chi connectivity index (χ4v) is 2.16. The summed E-state index contributed by atoms with van der Waals surface area (Å²) in [6.45, 7) is 0.659. The van der Waals surface area contributed by atoms with Gasteiger partial charge in [0.05, 0.1) is 6.20 Å². The van der Waals surface area contributed by atoms with Crippen LogP contribution in [0.1, 0.15) is 16.1 Å². The molecule has 0 aliphatic carbocycles. The summed E-state index contributed by atoms with van der Waals surface area (Å²) in [5, 5.41) is 12.2. The normalized spacial score (nSPS) is 12.3. The zero-order chi connectivity index (χ0) is 11.3. The van der Waals surface area contributed by atoms with Crippen molar-refractivity contribution >= 4 is 33.2 Å². The molecule has 0 amide bonds. The third kappa shape index (κ3) is 4.39. The van der Waals surface area contributed by atoms with E-state index in [4.69, 9.17) is 5.11 Å². The van der Waals surface area contributed by atoms with Gasteiger partial charge in [-0.3, -0.25) is 4.21 Å². The summed E-state index contributed by atoms with van der Waals surface area (Å²) in [4.78, 5) is 14.7. The molecule has 0 fully saturated rings. The molecule has 1 aromatic heterocycles. The zero-order valence-corrected chi connectivity index (χ0v) is 9.86. The highest BCUT2D eigenvalue weighted by atomic mass is 32.2. The number of thiazole rings is 1. The third-order valence-electron chi connectivity index (χ3n) is 1.60. The van der Waals surface area contributed by atoms with Crippen LogP contribution in [0.15, 0.2) is 6.20 Å². The second-order valence-corrected chi connectivity index (χ2v) is 5.48. The van der Waals surface area contributed by atoms with Crippen molar-refractivity contribution in [1.82, 2.24) is 4.98 Å². The average Bonchev–Trinajstić information content (AvgIpc) is 2.60. The number of rotatable bonds is 6. The molecule has 0 spiro atoms. The predicted molar refractivity (Wildman–Crippen MR) is 61.1 cm³/mol. The monoisotopic (exact) mass is 248 g/mol. The highest BCUT2D eigenvalue weighted by molar-refractivity contribution is 7.84. The molecule has 0 aliphatic rings. The number of hydrogen-bond acceptors (Lipinski definition) is 5. The number of nitrogens with zero attached hydrogens (tertiary/aromatic N) is 1. The van der Waals surface area contributed by atoms with E-state index in [0.29, 0.717) is 17.4 Å². The third-order valence-corrected chi connectivity index (χ3v) is 3.41. The first-order valence-corrected chi connectivity index (χ1v) is 6.87. The maximum atomic E-state index is 10.7. The number of anilines is 1. The molecule has 0 saturated heterocycles. The van der Waals surface area contributed by atoms with Crippen LogP contribution in [-0.4, -0.2) is 38.8 Å². The van der Waals surface area contributed by atoms with Crippen LogP contribution in [0.4, 0.5) is 5.13 Å². The van der Waals surface area contributed by atoms with Crippen LogP contribution in [0.25, 0.3) is 0 Å². The maximum absolute atomic E-state index is 10.7. The number of carboxylic acid groups (broad SMARTS) is 1. The van der Waals surface area contributed by atoms with Crippen LogP contribution < -0.4 is 5.32 Å². The lowest BCUT2D eigenvalue weighted by atomic mass is 10.5. The SMILES string of the molecule is CS(=O)CCCNc1ncc(C(=O)O)s1. The Balaban J connectivity index is 2.31. The van der Waals surface area contributed by atoms with Gasteiger partial charge in [0.2, 0.25) is 0 Å². The van der Waals surface area contributed by atoms with E-state index >= 15 is 0 Å². The van der Waals surface area contributed by atoms with Crippen molar-refractivity contribution < 1.29 is 14.1 Å². The topological polar surface area (TPSA) is 79.3 Å². The van der Waals surface area contributed by atoms with E-state index in [2.05, 4.69) is 10.3 Å². The van der Waals surface area contributed by atoms with Crippen molar-refractivity contribution in [1.29, 1.82) is 0 Å². The lowest BCUT2D eigenvalue weighted by Crippen LogP contribution is -2.05. The summed E-state index contributed by atoms with van der Waals surface area (Å²) in [7, 11) is -0.777. The summed E-state index contributed by atoms with van der Waals surface area (Å²) in [6.07, 6.45) is 3.77. The van der Waals surface area contributed by atoms with E-state index < -0.39 is 16.8 Å². The van der Waals surface area contributed by atoms with Gasteiger partial charge >= 0.3 is 5.97 Å². The molecule has 2 N–H and O–H groups in total. The van der Waals surface area contributed by atoms with Gasteiger partial charge in [-0.25, -0.2) is 9.78 Å². The Bertz CT molecular complexity index is 365. The van der Waals surface area contributed by atoms with Crippen molar-refractivity contribution in [2.24, 2.45) is 0 Å². The average molecular weight is 248 g/mol. The molecular formula is C8H12N2O3S2. The highest BCUT2D eigenvalue weighted by Gasteiger charge is 2.07. The van der Waals surface area contributed by atoms with Crippen LogP contribution in [0.5, 0.6) is 0 Å². The predicted octanol–water partition coefficient (Wildman–Crippen LogP) is 1.02. The quantitative estimate of drug-likeness (QED) is 0.735. The number of aromatic carboxylic acids is 1. The Morgan fingerprint density at radius 3 is 3.00 bits per heavy atom. The molecule has 1 heterocycles. The number of carbonyl (C=O) groups is 1. The molecule has 1 aromatic rings. The van der Waals surface area contributed by atoms with Gasteiger partial charge in [0.25, 0.3) is 0 Å². The summed E-state index contributed by atoms with van der Waals surface area (Å²) in [6, 6.07) is 0. The van der Waals surface area contributed by atoms with Crippen molar-refractivity contribution in [2.45, 2.75) is 6.42 Å². The Kier molecular flexibility index (Phi) is 4.70. The lowest BCUT2D eigenvalue weighted by Gasteiger charge is -1.99. The van der Waals surface area contributed by atoms with Crippen molar-refractivity contribution in [2.75, 3.05) is 23.9 Å². The van der Waals surface area contributed by atoms with Gasteiger partial charge in [-0.05, 0) is 6.42 Å². The van der Waals surface area contributed by atoms with Gasteiger partial charge in [-0.1, -0.05) is 11.3 Å². The van der Waals surface area contributed by atoms with Gasteiger partial charge in [0, 0.05) is 29.4 Å². The molecule has 5 nitrogen and oxygen atoms in total. The van der Waals surface area contributed by atoms with E-state index in [9.17, 15) is 9.00 Å². The van der Waals surface area contributed by atoms with Crippen LogP contribution in [0.2, 0.25) is 0 Å². The molecule has 0 bridgehead atoms. The Hall–Kier alpha value is -0.950. The first-order chi connectivity index (χ1) is 7.09. The first kappa shape index (κ1) is 12.1. The van der Waals surface area contributed by atoms with Gasteiger partial charge in [-0.15, -0.1) is 0 Å². The van der Waals surface area contributed by atoms with Crippen LogP contribution >= 0.6 is 11.3 Å². The fourth-order valence-electron chi connectivity index (χ4n) is 0.925. The van der Waals surface area contributed by atoms with E-state index in [1.165, 1.54) is 6.20 Å². The van der Waals surface area contributed by atoms with Crippen molar-refractivity contribution in [3.8, 4) is 0 Å². The summed E-state index contributed by atoms with van der Waals surface area (Å²) in [5.41, 5.74) is 0. The molecule has 0 aliphatic heterocycles. The van der Waals surface area contributed by atoms with E-state index in [0.717, 1.165) is 17.8 Å². The Morgan fingerprint density at radius 1 is 1.73 bits per heavy atom. The number of hydrogen-bond donors (Lipinski definition) is 2. The minimum absolute atomic E-state index is 0.219. The smallest absolute Gasteiger partial charge is 0.347 e. The van der Waals surface area contributed by atoms with Gasteiger partial charge in [0.1, 0.15) is 4.88 Å². The largest absolute Gasteiger partial charge is 0.477 e. The van der Waals surface area contributed by atoms with Crippen molar-refractivity contribution in [3.05, 3.63) is 11.1 Å². The minimum atomic E-state index is -0.963. The molecule has 0 aromatic carbocycles. The zero-order valence-electron chi connectivity index (χ0n) is 8.23. The number of aromatic nitrogens is 1. The molecule has 84 valence electrons. The van der Waals surface area contributed by atoms with E-state index in [1.807, 2.05) is 0 Å². The molecular weight excluding hydrogens is 236 g/mol. The molecule has 0 radical (unpaired) electrons. The van der Waals surface area contributed by atoms with Crippen LogP contribution in [-0.2, 0) is 10.8 Å². The lowest BCUT2D eigenvalue weighted by molar-refractivity contribution is 0.0702. The molecule has 15 heavy (non-hydrogen) atoms. The molecule has 1 unspecified atom stereocenters. The number of carboxylic acids is 1. The second kappa shape index (κ2) is 5.82. The highest BCUT2D eigenvalue weighted by Crippen LogP contribution is 2.17. The van der Waals surface area contributed by atoms with Gasteiger partial charge in [0.15, 0.2) is 5.13 Å². The molecule has 7 heteroatoms. The summed E-state index contributed by atoms with van der Waals surface area (Å²) < 4.78 is 10.7. The Morgan fingerprint density at radius 2 is 2.47 bits per heavy atom. The first-order valence-electron chi connectivity index (χ1n) is 4.32. The minimum Gasteiger partial charge on any atom is -0.477 e.